The van der Waals surface area contributed by atoms with E-state index in [-0.39, 0.29) is 0 Å². The second-order valence-electron chi connectivity index (χ2n) is 14.9. The minimum atomic E-state index is 0.632. The molecular formula is C52H29N3O. The molecule has 13 rings (SSSR count). The number of para-hydroxylation sites is 1. The highest BCUT2D eigenvalue weighted by atomic mass is 16.3. The Morgan fingerprint density at radius 1 is 0.357 bits per heavy atom. The van der Waals surface area contributed by atoms with Gasteiger partial charge in [0.15, 0.2) is 0 Å². The van der Waals surface area contributed by atoms with Gasteiger partial charge in [0.05, 0.1) is 22.2 Å². The van der Waals surface area contributed by atoms with Crippen molar-refractivity contribution in [1.29, 1.82) is 0 Å². The number of hydrogen-bond donors (Lipinski definition) is 0. The number of hydrogen-bond acceptors (Lipinski definition) is 3. The minimum absolute atomic E-state index is 0.632. The molecule has 4 heteroatoms. The van der Waals surface area contributed by atoms with Crippen molar-refractivity contribution in [2.75, 3.05) is 0 Å². The molecule has 0 aliphatic rings. The Bertz CT molecular complexity index is 3800. The van der Waals surface area contributed by atoms with Crippen molar-refractivity contribution in [2.24, 2.45) is 0 Å². The van der Waals surface area contributed by atoms with Crippen LogP contribution in [0.5, 0.6) is 0 Å². The molecule has 4 nitrogen and oxygen atoms in total. The van der Waals surface area contributed by atoms with Gasteiger partial charge in [-0.15, -0.1) is 0 Å². The fourth-order valence-corrected chi connectivity index (χ4v) is 9.56. The number of aromatic nitrogens is 3. The van der Waals surface area contributed by atoms with Crippen LogP contribution in [0.2, 0.25) is 0 Å². The van der Waals surface area contributed by atoms with E-state index in [0.717, 1.165) is 65.9 Å². The van der Waals surface area contributed by atoms with Gasteiger partial charge in [-0.2, -0.15) is 0 Å². The number of rotatable bonds is 2. The zero-order valence-electron chi connectivity index (χ0n) is 30.0. The Morgan fingerprint density at radius 2 is 0.982 bits per heavy atom. The zero-order chi connectivity index (χ0) is 36.5. The predicted octanol–water partition coefficient (Wildman–Crippen LogP) is 14.1. The summed E-state index contributed by atoms with van der Waals surface area (Å²) in [5.74, 6) is 0.632. The predicted molar refractivity (Wildman–Crippen MR) is 234 cm³/mol. The first kappa shape index (κ1) is 29.8. The van der Waals surface area contributed by atoms with Crippen molar-refractivity contribution >= 4 is 109 Å². The maximum atomic E-state index is 6.43. The van der Waals surface area contributed by atoms with Crippen LogP contribution >= 0.6 is 0 Å². The fourth-order valence-electron chi connectivity index (χ4n) is 9.56. The molecule has 10 aromatic carbocycles. The van der Waals surface area contributed by atoms with Crippen LogP contribution in [0.15, 0.2) is 180 Å². The average Bonchev–Trinajstić information content (AvgIpc) is 3.80. The van der Waals surface area contributed by atoms with Crippen LogP contribution in [0.1, 0.15) is 0 Å². The topological polar surface area (TPSA) is 43.9 Å². The lowest BCUT2D eigenvalue weighted by Gasteiger charge is -2.15. The Labute approximate surface area is 319 Å². The van der Waals surface area contributed by atoms with Crippen LogP contribution in [-0.2, 0) is 0 Å². The Kier molecular flexibility index (Phi) is 5.86. The van der Waals surface area contributed by atoms with Crippen LogP contribution in [0, 0.1) is 0 Å². The molecule has 258 valence electrons. The summed E-state index contributed by atoms with van der Waals surface area (Å²) in [4.78, 5) is 11.2. The molecule has 3 heterocycles. The van der Waals surface area contributed by atoms with E-state index in [1.807, 2.05) is 12.1 Å². The van der Waals surface area contributed by atoms with Crippen molar-refractivity contribution in [3.05, 3.63) is 176 Å². The first-order valence-electron chi connectivity index (χ1n) is 19.1. The smallest absolute Gasteiger partial charge is 0.235 e. The van der Waals surface area contributed by atoms with Gasteiger partial charge in [-0.1, -0.05) is 140 Å². The van der Waals surface area contributed by atoms with Crippen LogP contribution in [0.4, 0.5) is 0 Å². The van der Waals surface area contributed by atoms with Crippen molar-refractivity contribution in [3.63, 3.8) is 0 Å². The van der Waals surface area contributed by atoms with Gasteiger partial charge in [0.25, 0.3) is 0 Å². The molecular weight excluding hydrogens is 683 g/mol. The normalized spacial score (nSPS) is 12.3. The molecule has 3 aromatic heterocycles. The highest BCUT2D eigenvalue weighted by Gasteiger charge is 2.23. The Hall–Kier alpha value is -7.56. The summed E-state index contributed by atoms with van der Waals surface area (Å²) < 4.78 is 8.73. The van der Waals surface area contributed by atoms with E-state index in [2.05, 4.69) is 168 Å². The quantitative estimate of drug-likeness (QED) is 0.168. The molecule has 0 N–H and O–H groups in total. The van der Waals surface area contributed by atoms with E-state index in [9.17, 15) is 0 Å². The third-order valence-corrected chi connectivity index (χ3v) is 11.9. The molecule has 0 spiro atoms. The number of fused-ring (bicyclic) bond motifs is 17. The fraction of sp³-hybridized carbons (Fsp3) is 0. The first-order chi connectivity index (χ1) is 27.8. The molecule has 0 radical (unpaired) electrons. The molecule has 0 bridgehead atoms. The van der Waals surface area contributed by atoms with Crippen molar-refractivity contribution < 1.29 is 4.42 Å². The van der Waals surface area contributed by atoms with E-state index in [4.69, 9.17) is 14.4 Å². The lowest BCUT2D eigenvalue weighted by atomic mass is 9.91. The monoisotopic (exact) mass is 711 g/mol. The van der Waals surface area contributed by atoms with Crippen molar-refractivity contribution in [2.45, 2.75) is 0 Å². The van der Waals surface area contributed by atoms with Gasteiger partial charge in [-0.05, 0) is 84.9 Å². The number of furan rings is 1. The van der Waals surface area contributed by atoms with Crippen molar-refractivity contribution in [1.82, 2.24) is 14.5 Å². The Balaban J connectivity index is 1.24. The van der Waals surface area contributed by atoms with Gasteiger partial charge in [0.1, 0.15) is 11.2 Å². The summed E-state index contributed by atoms with van der Waals surface area (Å²) in [7, 11) is 0. The summed E-state index contributed by atoms with van der Waals surface area (Å²) in [5, 5.41) is 17.7. The lowest BCUT2D eigenvalue weighted by Crippen LogP contribution is -2.04. The molecule has 0 unspecified atom stereocenters. The standard InChI is InChI=1S/C52H29N3O/c1-2-14-32-29-44-41(28-31(32)13-1)50-43(27-25-38-36-18-6-5-16-34(36)35-17-7-8-19-37(35)48(38)50)55(44)52-53-42-26-24-30-12-3-4-15-33(30)49(42)51(54-52)40-21-11-23-46-47(40)39-20-9-10-22-45(39)56-46/h1-29H. The zero-order valence-corrected chi connectivity index (χ0v) is 30.0. The second-order valence-corrected chi connectivity index (χ2v) is 14.9. The summed E-state index contributed by atoms with van der Waals surface area (Å²) in [6.45, 7) is 0. The van der Waals surface area contributed by atoms with E-state index < -0.39 is 0 Å². The molecule has 56 heavy (non-hydrogen) atoms. The first-order valence-corrected chi connectivity index (χ1v) is 19.1. The van der Waals surface area contributed by atoms with Gasteiger partial charge < -0.3 is 4.42 Å². The third-order valence-electron chi connectivity index (χ3n) is 11.9. The maximum absolute atomic E-state index is 6.43. The highest BCUT2D eigenvalue weighted by molar-refractivity contribution is 6.36. The molecule has 0 aliphatic carbocycles. The maximum Gasteiger partial charge on any atom is 0.235 e. The van der Waals surface area contributed by atoms with Gasteiger partial charge in [0, 0.05) is 37.9 Å². The van der Waals surface area contributed by atoms with Gasteiger partial charge in [-0.25, -0.2) is 9.97 Å². The van der Waals surface area contributed by atoms with Gasteiger partial charge >= 0.3 is 0 Å². The average molecular weight is 712 g/mol. The molecule has 0 saturated heterocycles. The SMILES string of the molecule is c1ccc2cc3c(cc2c1)c1c2c4ccccc4c4ccccc4c2ccc1n3-c1nc(-c2cccc3oc4ccccc4c23)c2c(ccc3ccccc32)n1. The summed E-state index contributed by atoms with van der Waals surface area (Å²) in [6.07, 6.45) is 0. The van der Waals surface area contributed by atoms with Crippen LogP contribution < -0.4 is 0 Å². The van der Waals surface area contributed by atoms with Crippen molar-refractivity contribution in [3.8, 4) is 17.2 Å². The summed E-state index contributed by atoms with van der Waals surface area (Å²) in [5.41, 5.74) is 6.63. The van der Waals surface area contributed by atoms with Crippen LogP contribution in [0.25, 0.3) is 126 Å². The third kappa shape index (κ3) is 3.97. The molecule has 0 aliphatic heterocycles. The second kappa shape index (κ2) is 11.0. The molecule has 13 aromatic rings. The van der Waals surface area contributed by atoms with E-state index in [1.165, 1.54) is 53.9 Å². The van der Waals surface area contributed by atoms with E-state index >= 15 is 0 Å². The molecule has 0 fully saturated rings. The minimum Gasteiger partial charge on any atom is -0.456 e. The number of benzene rings is 10. The van der Waals surface area contributed by atoms with E-state index in [1.54, 1.807) is 0 Å². The molecule has 0 atom stereocenters. The van der Waals surface area contributed by atoms with E-state index in [0.29, 0.717) is 5.95 Å². The molecule has 0 saturated carbocycles. The summed E-state index contributed by atoms with van der Waals surface area (Å²) in [6, 6.07) is 63.0. The van der Waals surface area contributed by atoms with Gasteiger partial charge in [-0.3, -0.25) is 4.57 Å². The highest BCUT2D eigenvalue weighted by Crippen LogP contribution is 2.45. The number of nitrogens with zero attached hydrogens (tertiary/aromatic N) is 3. The Morgan fingerprint density at radius 3 is 1.79 bits per heavy atom. The van der Waals surface area contributed by atoms with Crippen LogP contribution in [-0.4, -0.2) is 14.5 Å². The lowest BCUT2D eigenvalue weighted by molar-refractivity contribution is 0.669. The largest absolute Gasteiger partial charge is 0.456 e. The molecule has 0 amide bonds. The summed E-state index contributed by atoms with van der Waals surface area (Å²) >= 11 is 0. The van der Waals surface area contributed by atoms with Gasteiger partial charge in [0.2, 0.25) is 5.95 Å². The van der Waals surface area contributed by atoms with Crippen LogP contribution in [0.3, 0.4) is 0 Å².